The van der Waals surface area contributed by atoms with E-state index in [-0.39, 0.29) is 40.5 Å². The molecule has 7 N–H and O–H groups in total. The molecule has 0 aromatic carbocycles. The molecule has 250 valence electrons. The van der Waals surface area contributed by atoms with Crippen molar-refractivity contribution in [2.24, 2.45) is 0 Å². The molecule has 0 aliphatic carbocycles. The zero-order valence-electron chi connectivity index (χ0n) is 23.1. The number of rotatable bonds is 11. The molecule has 21 nitrogen and oxygen atoms in total. The summed E-state index contributed by atoms with van der Waals surface area (Å²) in [5, 5.41) is 15.3. The lowest BCUT2D eigenvalue weighted by Crippen LogP contribution is -2.32. The SMILES string of the molecule is COP(O)(=S)OC[C@H]1O[C@@H](n2nnc3c(=O)[nH]c(N)nc32)[C@H](OP(O)(=S)OC[C@@H]2C[C@H](F)[C@H](n3nnc4c(N)ncnc43)O2)[C@@H]1F. The topological polar surface area (TPSA) is 281 Å². The molecule has 4 aromatic heterocycles. The van der Waals surface area contributed by atoms with Gasteiger partial charge in [-0.15, -0.1) is 10.2 Å². The summed E-state index contributed by atoms with van der Waals surface area (Å²) in [5.41, 5.74) is 10.5. The van der Waals surface area contributed by atoms with Crippen LogP contribution in [0.4, 0.5) is 20.5 Å². The molecule has 4 aromatic rings. The summed E-state index contributed by atoms with van der Waals surface area (Å²) in [4.78, 5) is 47.3. The molecule has 0 saturated carbocycles. The minimum atomic E-state index is -4.34. The van der Waals surface area contributed by atoms with Crippen LogP contribution in [0.3, 0.4) is 0 Å². The molecule has 0 bridgehead atoms. The van der Waals surface area contributed by atoms with E-state index in [2.05, 4.69) is 40.6 Å². The minimum Gasteiger partial charge on any atom is -0.382 e. The molecule has 0 radical (unpaired) electrons. The second-order valence-corrected chi connectivity index (χ2v) is 15.5. The van der Waals surface area contributed by atoms with Crippen LogP contribution in [0.15, 0.2) is 11.1 Å². The van der Waals surface area contributed by atoms with Crippen LogP contribution < -0.4 is 17.0 Å². The third-order valence-electron chi connectivity index (χ3n) is 6.83. The van der Waals surface area contributed by atoms with Crippen LogP contribution in [0, 0.1) is 0 Å². The van der Waals surface area contributed by atoms with Crippen LogP contribution in [0.2, 0.25) is 0 Å². The second-order valence-electron chi connectivity index (χ2n) is 9.81. The molecule has 6 heterocycles. The molecule has 46 heavy (non-hydrogen) atoms. The summed E-state index contributed by atoms with van der Waals surface area (Å²) in [7, 11) is 1.10. The van der Waals surface area contributed by atoms with E-state index in [1.807, 2.05) is 0 Å². The summed E-state index contributed by atoms with van der Waals surface area (Å²) in [6, 6.07) is 0. The van der Waals surface area contributed by atoms with E-state index in [1.165, 1.54) is 0 Å². The van der Waals surface area contributed by atoms with Gasteiger partial charge in [0.1, 0.15) is 24.7 Å². The number of alkyl halides is 2. The van der Waals surface area contributed by atoms with Crippen molar-refractivity contribution in [2.75, 3.05) is 31.8 Å². The first-order chi connectivity index (χ1) is 21.8. The van der Waals surface area contributed by atoms with Crippen LogP contribution >= 0.6 is 13.4 Å². The number of halogens is 2. The van der Waals surface area contributed by atoms with Crippen molar-refractivity contribution in [1.82, 2.24) is 49.9 Å². The third-order valence-corrected chi connectivity index (χ3v) is 10.1. The minimum absolute atomic E-state index is 0.0435. The van der Waals surface area contributed by atoms with Crippen LogP contribution in [-0.2, 0) is 51.2 Å². The smallest absolute Gasteiger partial charge is 0.325 e. The fourth-order valence-corrected chi connectivity index (χ4v) is 6.77. The number of ether oxygens (including phenoxy) is 2. The van der Waals surface area contributed by atoms with Crippen molar-refractivity contribution in [3.63, 3.8) is 0 Å². The molecule has 2 aliphatic heterocycles. The number of hydrogen-bond acceptors (Lipinski definition) is 18. The quantitative estimate of drug-likeness (QED) is 0.119. The van der Waals surface area contributed by atoms with Gasteiger partial charge in [-0.25, -0.2) is 18.7 Å². The monoisotopic (exact) mass is 728 g/mol. The number of anilines is 2. The maximum atomic E-state index is 15.9. The van der Waals surface area contributed by atoms with Gasteiger partial charge in [0, 0.05) is 13.5 Å². The molecule has 2 aliphatic rings. The second kappa shape index (κ2) is 12.7. The van der Waals surface area contributed by atoms with Gasteiger partial charge in [-0.05, 0) is 23.6 Å². The Morgan fingerprint density at radius 3 is 2.48 bits per heavy atom. The summed E-state index contributed by atoms with van der Waals surface area (Å²) < 4.78 is 65.1. The van der Waals surface area contributed by atoms with Crippen molar-refractivity contribution in [2.45, 2.75) is 49.5 Å². The number of aromatic amines is 1. The lowest BCUT2D eigenvalue weighted by atomic mass is 10.1. The highest BCUT2D eigenvalue weighted by Gasteiger charge is 2.51. The normalized spacial score (nSPS) is 29.4. The molecule has 27 heteroatoms. The Balaban J connectivity index is 1.19. The Morgan fingerprint density at radius 1 is 1.04 bits per heavy atom. The molecule has 0 spiro atoms. The number of nitrogens with zero attached hydrogens (tertiary/aromatic N) is 9. The fraction of sp³-hybridized carbons (Fsp3) is 0.579. The van der Waals surface area contributed by atoms with Gasteiger partial charge < -0.3 is 44.3 Å². The zero-order valence-corrected chi connectivity index (χ0v) is 26.6. The standard InChI is InChI=1S/C19H24F2N12O9P2S2/c1-37-43(35,45)39-4-8-9(21)12(18(41-8)33-15-11(29-31-33)16(34)27-19(23)26-15)42-44(36,46)38-3-6-2-7(20)17(40-6)32-14-10(28-30-32)13(22)24-5-25-14/h5-9,12,17-18H,2-4H2,1H3,(H,35,45)(H,36,46)(H2,22,24,25)(H3,23,26,27,34)/t6-,7-,8+,9+,12+,17+,18+,43?,44?/m0/s1. The first-order valence-corrected chi connectivity index (χ1v) is 18.1. The number of nitrogens with one attached hydrogen (secondary N) is 1. The van der Waals surface area contributed by atoms with E-state index >= 15 is 8.78 Å². The van der Waals surface area contributed by atoms with E-state index in [4.69, 9.17) is 62.6 Å². The van der Waals surface area contributed by atoms with E-state index in [0.717, 1.165) is 22.8 Å². The van der Waals surface area contributed by atoms with Crippen molar-refractivity contribution in [3.8, 4) is 0 Å². The van der Waals surface area contributed by atoms with Crippen LogP contribution in [0.1, 0.15) is 18.9 Å². The number of nitrogen functional groups attached to an aromatic ring is 2. The Labute approximate surface area is 265 Å². The summed E-state index contributed by atoms with van der Waals surface area (Å²) in [5.74, 6) is -0.261. The summed E-state index contributed by atoms with van der Waals surface area (Å²) in [6.45, 7) is -9.18. The van der Waals surface area contributed by atoms with Gasteiger partial charge in [0.2, 0.25) is 5.95 Å². The molecule has 6 rings (SSSR count). The molecular formula is C19H24F2N12O9P2S2. The lowest BCUT2D eigenvalue weighted by Gasteiger charge is -2.25. The predicted molar refractivity (Wildman–Crippen MR) is 157 cm³/mol. The summed E-state index contributed by atoms with van der Waals surface area (Å²) >= 11 is 9.93. The number of nitrogens with two attached hydrogens (primary N) is 2. The largest absolute Gasteiger partial charge is 0.382 e. The first-order valence-electron chi connectivity index (χ1n) is 13.0. The van der Waals surface area contributed by atoms with E-state index in [0.29, 0.717) is 0 Å². The Kier molecular flexibility index (Phi) is 9.12. The number of aromatic nitrogens is 10. The Bertz CT molecular complexity index is 1920. The third kappa shape index (κ3) is 6.50. The number of fused-ring (bicyclic) bond motifs is 2. The average molecular weight is 729 g/mol. The van der Waals surface area contributed by atoms with Gasteiger partial charge >= 0.3 is 13.4 Å². The fourth-order valence-electron chi connectivity index (χ4n) is 4.73. The van der Waals surface area contributed by atoms with Crippen molar-refractivity contribution < 1.29 is 46.1 Å². The van der Waals surface area contributed by atoms with Crippen LogP contribution in [0.5, 0.6) is 0 Å². The first kappa shape index (κ1) is 33.1. The highest BCUT2D eigenvalue weighted by atomic mass is 32.5. The Hall–Kier alpha value is -2.80. The van der Waals surface area contributed by atoms with Crippen molar-refractivity contribution in [1.29, 1.82) is 0 Å². The van der Waals surface area contributed by atoms with E-state index < -0.39 is 75.3 Å². The maximum Gasteiger partial charge on any atom is 0.325 e. The van der Waals surface area contributed by atoms with Gasteiger partial charge in [-0.2, -0.15) is 14.3 Å². The molecule has 2 unspecified atom stereocenters. The van der Waals surface area contributed by atoms with E-state index in [1.54, 1.807) is 0 Å². The van der Waals surface area contributed by atoms with E-state index in [9.17, 15) is 14.6 Å². The van der Waals surface area contributed by atoms with Gasteiger partial charge in [-0.1, -0.05) is 10.4 Å². The van der Waals surface area contributed by atoms with Crippen LogP contribution in [0.25, 0.3) is 22.3 Å². The molecule has 2 fully saturated rings. The Morgan fingerprint density at radius 2 is 1.74 bits per heavy atom. The van der Waals surface area contributed by atoms with Gasteiger partial charge in [-0.3, -0.25) is 14.3 Å². The number of H-pyrrole nitrogens is 1. The van der Waals surface area contributed by atoms with Gasteiger partial charge in [0.15, 0.2) is 46.8 Å². The average Bonchev–Trinajstić information content (AvgIpc) is 3.77. The number of hydrogen-bond donors (Lipinski definition) is 5. The summed E-state index contributed by atoms with van der Waals surface area (Å²) in [6.07, 6.45) is -9.83. The molecule has 2 saturated heterocycles. The highest BCUT2D eigenvalue weighted by molar-refractivity contribution is 8.07. The molecule has 0 amide bonds. The predicted octanol–water partition coefficient (Wildman–Crippen LogP) is -0.727. The zero-order chi connectivity index (χ0) is 33.0. The molecular weight excluding hydrogens is 704 g/mol. The van der Waals surface area contributed by atoms with Crippen molar-refractivity contribution in [3.05, 3.63) is 16.7 Å². The van der Waals surface area contributed by atoms with Crippen LogP contribution in [-0.4, -0.2) is 111 Å². The maximum absolute atomic E-state index is 15.9. The highest BCUT2D eigenvalue weighted by Crippen LogP contribution is 2.51. The van der Waals surface area contributed by atoms with Gasteiger partial charge in [0.25, 0.3) is 5.56 Å². The molecule has 9 atom stereocenters. The van der Waals surface area contributed by atoms with Crippen molar-refractivity contribution >= 4 is 71.1 Å². The lowest BCUT2D eigenvalue weighted by molar-refractivity contribution is -0.0567. The van der Waals surface area contributed by atoms with Gasteiger partial charge in [0.05, 0.1) is 19.3 Å².